The second-order valence-electron chi connectivity index (χ2n) is 7.41. The zero-order valence-electron chi connectivity index (χ0n) is 18.4. The van der Waals surface area contributed by atoms with Crippen LogP contribution < -0.4 is 23.7 Å². The SMILES string of the molecule is COc1cc(O)c(C(=O)C=Cc2cc(OC)c(OC)c(OC)c2)c2c1C=CC(C)(C)O2. The van der Waals surface area contributed by atoms with Crippen molar-refractivity contribution >= 4 is 17.9 Å². The second kappa shape index (κ2) is 8.63. The average molecular weight is 426 g/mol. The van der Waals surface area contributed by atoms with Gasteiger partial charge in [-0.05, 0) is 49.8 Å². The highest BCUT2D eigenvalue weighted by molar-refractivity contribution is 6.11. The summed E-state index contributed by atoms with van der Waals surface area (Å²) in [5.41, 5.74) is 0.688. The fourth-order valence-corrected chi connectivity index (χ4v) is 3.34. The van der Waals surface area contributed by atoms with Crippen molar-refractivity contribution in [1.82, 2.24) is 0 Å². The van der Waals surface area contributed by atoms with Crippen LogP contribution in [0.25, 0.3) is 12.2 Å². The molecule has 0 aliphatic carbocycles. The molecule has 0 amide bonds. The number of phenolic OH excluding ortho intramolecular Hbond substituents is 1. The summed E-state index contributed by atoms with van der Waals surface area (Å²) in [6, 6.07) is 4.85. The van der Waals surface area contributed by atoms with Crippen molar-refractivity contribution in [1.29, 1.82) is 0 Å². The molecule has 0 spiro atoms. The van der Waals surface area contributed by atoms with Crippen molar-refractivity contribution in [2.75, 3.05) is 28.4 Å². The summed E-state index contributed by atoms with van der Waals surface area (Å²) in [5.74, 6) is 1.45. The molecule has 0 fully saturated rings. The van der Waals surface area contributed by atoms with Crippen molar-refractivity contribution in [2.24, 2.45) is 0 Å². The summed E-state index contributed by atoms with van der Waals surface area (Å²) in [5, 5.41) is 10.6. The number of phenols is 1. The number of fused-ring (bicyclic) bond motifs is 1. The number of ether oxygens (including phenoxy) is 5. The van der Waals surface area contributed by atoms with Gasteiger partial charge in [-0.1, -0.05) is 6.08 Å². The van der Waals surface area contributed by atoms with E-state index in [1.54, 1.807) is 18.2 Å². The van der Waals surface area contributed by atoms with Crippen LogP contribution in [-0.4, -0.2) is 44.9 Å². The van der Waals surface area contributed by atoms with Crippen LogP contribution in [0.1, 0.15) is 35.3 Å². The highest BCUT2D eigenvalue weighted by Crippen LogP contribution is 2.44. The quantitative estimate of drug-likeness (QED) is 0.515. The molecule has 7 nitrogen and oxygen atoms in total. The third-order valence-electron chi connectivity index (χ3n) is 4.86. The van der Waals surface area contributed by atoms with E-state index in [-0.39, 0.29) is 17.1 Å². The molecule has 0 bridgehead atoms. The monoisotopic (exact) mass is 426 g/mol. The Balaban J connectivity index is 2.04. The Morgan fingerprint density at radius 1 is 0.968 bits per heavy atom. The highest BCUT2D eigenvalue weighted by atomic mass is 16.5. The lowest BCUT2D eigenvalue weighted by molar-refractivity contribution is 0.103. The van der Waals surface area contributed by atoms with Crippen LogP contribution in [0.4, 0.5) is 0 Å². The first kappa shape index (κ1) is 22.1. The normalized spacial score (nSPS) is 14.0. The van der Waals surface area contributed by atoms with Crippen molar-refractivity contribution in [3.63, 3.8) is 0 Å². The van der Waals surface area contributed by atoms with Gasteiger partial charge < -0.3 is 28.8 Å². The van der Waals surface area contributed by atoms with Crippen LogP contribution in [0, 0.1) is 0 Å². The summed E-state index contributed by atoms with van der Waals surface area (Å²) in [7, 11) is 6.05. The first-order chi connectivity index (χ1) is 14.7. The maximum absolute atomic E-state index is 13.1. The van der Waals surface area contributed by atoms with Crippen molar-refractivity contribution in [3.8, 4) is 34.5 Å². The van der Waals surface area contributed by atoms with Gasteiger partial charge in [0.1, 0.15) is 28.4 Å². The number of benzene rings is 2. The molecule has 7 heteroatoms. The van der Waals surface area contributed by atoms with E-state index in [0.717, 1.165) is 0 Å². The molecule has 0 aromatic heterocycles. The Hall–Kier alpha value is -3.61. The molecule has 164 valence electrons. The van der Waals surface area contributed by atoms with E-state index in [1.165, 1.54) is 40.6 Å². The summed E-state index contributed by atoms with van der Waals surface area (Å²) in [6.45, 7) is 3.73. The predicted molar refractivity (Wildman–Crippen MR) is 118 cm³/mol. The van der Waals surface area contributed by atoms with E-state index >= 15 is 0 Å². The van der Waals surface area contributed by atoms with E-state index in [2.05, 4.69) is 0 Å². The zero-order valence-corrected chi connectivity index (χ0v) is 18.4. The minimum Gasteiger partial charge on any atom is -0.507 e. The van der Waals surface area contributed by atoms with Gasteiger partial charge in [0.2, 0.25) is 5.75 Å². The summed E-state index contributed by atoms with van der Waals surface area (Å²) in [6.07, 6.45) is 6.66. The minimum atomic E-state index is -0.638. The fourth-order valence-electron chi connectivity index (χ4n) is 3.34. The Bertz CT molecular complexity index is 1040. The third kappa shape index (κ3) is 4.30. The third-order valence-corrected chi connectivity index (χ3v) is 4.86. The van der Waals surface area contributed by atoms with Crippen LogP contribution in [0.3, 0.4) is 0 Å². The molecular formula is C24H26O7. The Kier molecular flexibility index (Phi) is 6.15. The molecule has 1 heterocycles. The summed E-state index contributed by atoms with van der Waals surface area (Å²) >= 11 is 0. The van der Waals surface area contributed by atoms with E-state index in [0.29, 0.717) is 34.1 Å². The number of hydrogen-bond acceptors (Lipinski definition) is 7. The molecule has 2 aromatic rings. The lowest BCUT2D eigenvalue weighted by Crippen LogP contribution is -2.28. The van der Waals surface area contributed by atoms with E-state index in [4.69, 9.17) is 23.7 Å². The van der Waals surface area contributed by atoms with Crippen molar-refractivity contribution < 1.29 is 33.6 Å². The maximum Gasteiger partial charge on any atom is 0.203 e. The van der Waals surface area contributed by atoms with Crippen molar-refractivity contribution in [3.05, 3.63) is 47.0 Å². The van der Waals surface area contributed by atoms with Gasteiger partial charge in [0.25, 0.3) is 0 Å². The minimum absolute atomic E-state index is 0.0666. The van der Waals surface area contributed by atoms with E-state index < -0.39 is 11.4 Å². The predicted octanol–water partition coefficient (Wildman–Crippen LogP) is 4.51. The molecule has 1 aliphatic rings. The second-order valence-corrected chi connectivity index (χ2v) is 7.41. The number of methoxy groups -OCH3 is 4. The highest BCUT2D eigenvalue weighted by Gasteiger charge is 2.30. The molecule has 31 heavy (non-hydrogen) atoms. The van der Waals surface area contributed by atoms with E-state index in [1.807, 2.05) is 26.0 Å². The van der Waals surface area contributed by atoms with Crippen LogP contribution in [-0.2, 0) is 0 Å². The van der Waals surface area contributed by atoms with Gasteiger partial charge in [0, 0.05) is 6.07 Å². The fraction of sp³-hybridized carbons (Fsp3) is 0.292. The number of hydrogen-bond donors (Lipinski definition) is 1. The molecule has 0 unspecified atom stereocenters. The van der Waals surface area contributed by atoms with Gasteiger partial charge in [-0.25, -0.2) is 0 Å². The molecule has 3 rings (SSSR count). The number of allylic oxidation sites excluding steroid dienone is 1. The molecule has 1 aliphatic heterocycles. The van der Waals surface area contributed by atoms with Crippen LogP contribution >= 0.6 is 0 Å². The standard InChI is InChI=1S/C24H26O7/c1-24(2)10-9-15-18(27-3)13-17(26)21(22(15)31-24)16(25)8-7-14-11-19(28-4)23(30-6)20(12-14)29-5/h7-13,26H,1-6H3. The van der Waals surface area contributed by atoms with Crippen LogP contribution in [0.2, 0.25) is 0 Å². The molecular weight excluding hydrogens is 400 g/mol. The van der Waals surface area contributed by atoms with Gasteiger partial charge in [0.05, 0.1) is 34.0 Å². The lowest BCUT2D eigenvalue weighted by Gasteiger charge is -2.30. The van der Waals surface area contributed by atoms with E-state index in [9.17, 15) is 9.90 Å². The zero-order chi connectivity index (χ0) is 22.8. The summed E-state index contributed by atoms with van der Waals surface area (Å²) < 4.78 is 27.4. The van der Waals surface area contributed by atoms with Gasteiger partial charge in [0.15, 0.2) is 17.3 Å². The first-order valence-electron chi connectivity index (χ1n) is 9.59. The lowest BCUT2D eigenvalue weighted by atomic mass is 9.96. The van der Waals surface area contributed by atoms with Crippen LogP contribution in [0.15, 0.2) is 30.4 Å². The Morgan fingerprint density at radius 2 is 1.58 bits per heavy atom. The average Bonchev–Trinajstić information content (AvgIpc) is 2.75. The van der Waals surface area contributed by atoms with Crippen LogP contribution in [0.5, 0.6) is 34.5 Å². The maximum atomic E-state index is 13.1. The largest absolute Gasteiger partial charge is 0.507 e. The Labute approximate surface area is 181 Å². The molecule has 0 atom stereocenters. The Morgan fingerprint density at radius 3 is 2.13 bits per heavy atom. The number of carbonyl (C=O) groups is 1. The molecule has 0 radical (unpaired) electrons. The number of rotatable bonds is 7. The first-order valence-corrected chi connectivity index (χ1v) is 9.59. The summed E-state index contributed by atoms with van der Waals surface area (Å²) in [4.78, 5) is 13.1. The van der Waals surface area contributed by atoms with Crippen molar-refractivity contribution in [2.45, 2.75) is 19.4 Å². The number of ketones is 1. The topological polar surface area (TPSA) is 83.5 Å². The van der Waals surface area contributed by atoms with Gasteiger partial charge in [-0.15, -0.1) is 0 Å². The molecule has 0 saturated heterocycles. The molecule has 2 aromatic carbocycles. The number of carbonyl (C=O) groups excluding carboxylic acids is 1. The smallest absolute Gasteiger partial charge is 0.203 e. The number of aromatic hydroxyl groups is 1. The molecule has 1 N–H and O–H groups in total. The van der Waals surface area contributed by atoms with Gasteiger partial charge >= 0.3 is 0 Å². The molecule has 0 saturated carbocycles. The van der Waals surface area contributed by atoms with Gasteiger partial charge in [-0.3, -0.25) is 4.79 Å². The van der Waals surface area contributed by atoms with Gasteiger partial charge in [-0.2, -0.15) is 0 Å².